The Morgan fingerprint density at radius 2 is 1.85 bits per heavy atom. The molecule has 0 saturated heterocycles. The quantitative estimate of drug-likeness (QED) is 0.470. The monoisotopic (exact) mass is 216 g/mol. The van der Waals surface area contributed by atoms with Crippen LogP contribution in [0, 0.1) is 16.7 Å². The van der Waals surface area contributed by atoms with E-state index >= 15 is 0 Å². The zero-order valence-corrected chi connectivity index (χ0v) is 10.1. The van der Waals surface area contributed by atoms with Crippen LogP contribution in [-0.4, -0.2) is 9.86 Å². The van der Waals surface area contributed by atoms with Gasteiger partial charge in [-0.1, -0.05) is 20.8 Å². The lowest BCUT2D eigenvalue weighted by atomic mass is 9.70. The van der Waals surface area contributed by atoms with E-state index in [0.29, 0.717) is 5.92 Å². The van der Waals surface area contributed by atoms with E-state index < -0.39 is 4.08 Å². The fourth-order valence-electron chi connectivity index (χ4n) is 3.18. The molecule has 2 aliphatic carbocycles. The first-order valence-electron chi connectivity index (χ1n) is 4.74. The van der Waals surface area contributed by atoms with Crippen molar-refractivity contribution in [3.05, 3.63) is 0 Å². The Morgan fingerprint density at radius 1 is 1.31 bits per heavy atom. The van der Waals surface area contributed by atoms with Gasteiger partial charge in [0.05, 0.1) is 0 Å². The van der Waals surface area contributed by atoms with Crippen molar-refractivity contribution in [2.24, 2.45) is 16.7 Å². The SMILES string of the molecule is CC12CCC(C(S)(S)C1=O)C2(C)C. The van der Waals surface area contributed by atoms with Gasteiger partial charge in [0.2, 0.25) is 0 Å². The largest absolute Gasteiger partial charge is 0.297 e. The summed E-state index contributed by atoms with van der Waals surface area (Å²) in [5, 5.41) is 0. The summed E-state index contributed by atoms with van der Waals surface area (Å²) in [6.45, 7) is 6.43. The zero-order chi connectivity index (χ0) is 10.1. The number of carbonyl (C=O) groups excluding carboxylic acids is 1. The summed E-state index contributed by atoms with van der Waals surface area (Å²) < 4.78 is -0.684. The van der Waals surface area contributed by atoms with Gasteiger partial charge in [-0.05, 0) is 24.2 Å². The Hall–Kier alpha value is 0.370. The van der Waals surface area contributed by atoms with Crippen molar-refractivity contribution in [2.45, 2.75) is 37.7 Å². The van der Waals surface area contributed by atoms with Gasteiger partial charge in [0.25, 0.3) is 0 Å². The Morgan fingerprint density at radius 3 is 2.08 bits per heavy atom. The van der Waals surface area contributed by atoms with Crippen LogP contribution in [0.3, 0.4) is 0 Å². The molecule has 2 fully saturated rings. The maximum atomic E-state index is 12.1. The second kappa shape index (κ2) is 2.30. The summed E-state index contributed by atoms with van der Waals surface area (Å²) in [7, 11) is 0. The summed E-state index contributed by atoms with van der Waals surface area (Å²) in [4.78, 5) is 12.1. The molecule has 2 saturated carbocycles. The molecule has 2 aliphatic rings. The molecule has 0 aromatic heterocycles. The zero-order valence-electron chi connectivity index (χ0n) is 8.29. The van der Waals surface area contributed by atoms with Crippen molar-refractivity contribution in [3.8, 4) is 0 Å². The van der Waals surface area contributed by atoms with Crippen LogP contribution in [-0.2, 0) is 4.79 Å². The van der Waals surface area contributed by atoms with E-state index in [1.54, 1.807) is 0 Å². The molecule has 0 radical (unpaired) electrons. The number of hydrogen-bond acceptors (Lipinski definition) is 3. The molecule has 1 nitrogen and oxygen atoms in total. The molecule has 0 aliphatic heterocycles. The topological polar surface area (TPSA) is 17.1 Å². The van der Waals surface area contributed by atoms with E-state index in [4.69, 9.17) is 0 Å². The lowest BCUT2D eigenvalue weighted by Crippen LogP contribution is -2.37. The number of Topliss-reactive ketones (excluding diaryl/α,β-unsaturated/α-hetero) is 1. The number of hydrogen-bond donors (Lipinski definition) is 2. The van der Waals surface area contributed by atoms with Crippen molar-refractivity contribution >= 4 is 31.0 Å². The van der Waals surface area contributed by atoms with Gasteiger partial charge in [0, 0.05) is 5.41 Å². The molecule has 0 spiro atoms. The molecule has 3 heteroatoms. The summed E-state index contributed by atoms with van der Waals surface area (Å²) in [5.41, 5.74) is -0.130. The Bertz CT molecular complexity index is 283. The van der Waals surface area contributed by atoms with E-state index in [9.17, 15) is 4.79 Å². The minimum atomic E-state index is -0.684. The second-order valence-corrected chi connectivity index (χ2v) is 6.96. The number of rotatable bonds is 0. The van der Waals surface area contributed by atoms with Crippen molar-refractivity contribution in [1.29, 1.82) is 0 Å². The fraction of sp³-hybridized carbons (Fsp3) is 0.900. The summed E-state index contributed by atoms with van der Waals surface area (Å²) >= 11 is 8.86. The van der Waals surface area contributed by atoms with Crippen LogP contribution in [0.5, 0.6) is 0 Å². The Kier molecular flexibility index (Phi) is 1.75. The molecule has 13 heavy (non-hydrogen) atoms. The first-order valence-corrected chi connectivity index (χ1v) is 5.63. The average Bonchev–Trinajstić information content (AvgIpc) is 2.26. The molecule has 0 aromatic rings. The minimum absolute atomic E-state index is 0.0631. The summed E-state index contributed by atoms with van der Waals surface area (Å²) in [5.74, 6) is 0.553. The molecule has 2 rings (SSSR count). The van der Waals surface area contributed by atoms with Crippen molar-refractivity contribution in [2.75, 3.05) is 0 Å². The van der Waals surface area contributed by atoms with Gasteiger partial charge in [-0.2, -0.15) is 25.3 Å². The molecule has 0 heterocycles. The van der Waals surface area contributed by atoms with E-state index in [0.717, 1.165) is 12.8 Å². The van der Waals surface area contributed by atoms with E-state index in [1.807, 2.05) is 0 Å². The van der Waals surface area contributed by atoms with E-state index in [-0.39, 0.29) is 16.6 Å². The minimum Gasteiger partial charge on any atom is -0.297 e. The average molecular weight is 216 g/mol. The lowest BCUT2D eigenvalue weighted by Gasteiger charge is -2.31. The summed E-state index contributed by atoms with van der Waals surface area (Å²) in [6.07, 6.45) is 2.09. The third kappa shape index (κ3) is 0.858. The smallest absolute Gasteiger partial charge is 0.165 e. The highest BCUT2D eigenvalue weighted by molar-refractivity contribution is 8.02. The van der Waals surface area contributed by atoms with Gasteiger partial charge in [-0.3, -0.25) is 4.79 Å². The standard InChI is InChI=1S/C10H16OS2/c1-8(2)6-4-5-9(8,3)7(11)10(6,12)13/h6,12-13H,4-5H2,1-3H3. The van der Waals surface area contributed by atoms with Crippen LogP contribution in [0.4, 0.5) is 0 Å². The third-order valence-corrected chi connectivity index (χ3v) is 5.58. The molecule has 0 N–H and O–H groups in total. The molecular weight excluding hydrogens is 200 g/mol. The molecule has 2 bridgehead atoms. The number of fused-ring (bicyclic) bond motifs is 2. The highest BCUT2D eigenvalue weighted by Gasteiger charge is 2.70. The van der Waals surface area contributed by atoms with E-state index in [1.165, 1.54) is 0 Å². The van der Waals surface area contributed by atoms with Gasteiger partial charge in [0.1, 0.15) is 4.08 Å². The maximum Gasteiger partial charge on any atom is 0.165 e. The number of thiol groups is 2. The van der Waals surface area contributed by atoms with Gasteiger partial charge >= 0.3 is 0 Å². The molecule has 0 amide bonds. The highest BCUT2D eigenvalue weighted by atomic mass is 32.2. The molecule has 2 atom stereocenters. The number of carbonyl (C=O) groups is 1. The molecule has 2 unspecified atom stereocenters. The van der Waals surface area contributed by atoms with Gasteiger partial charge in [0.15, 0.2) is 5.78 Å². The maximum absolute atomic E-state index is 12.1. The first kappa shape index (κ1) is 9.91. The first-order chi connectivity index (χ1) is 5.74. The van der Waals surface area contributed by atoms with Crippen molar-refractivity contribution < 1.29 is 4.79 Å². The van der Waals surface area contributed by atoms with Crippen LogP contribution < -0.4 is 0 Å². The Balaban J connectivity index is 2.58. The van der Waals surface area contributed by atoms with Crippen LogP contribution in [0.2, 0.25) is 0 Å². The normalized spacial score (nSPS) is 45.6. The highest BCUT2D eigenvalue weighted by Crippen LogP contribution is 2.69. The predicted molar refractivity (Wildman–Crippen MR) is 60.3 cm³/mol. The van der Waals surface area contributed by atoms with Crippen LogP contribution >= 0.6 is 25.3 Å². The molecular formula is C10H16OS2. The van der Waals surface area contributed by atoms with Crippen molar-refractivity contribution in [3.63, 3.8) is 0 Å². The van der Waals surface area contributed by atoms with Crippen LogP contribution in [0.15, 0.2) is 0 Å². The van der Waals surface area contributed by atoms with Gasteiger partial charge in [-0.15, -0.1) is 0 Å². The predicted octanol–water partition coefficient (Wildman–Crippen LogP) is 2.57. The molecule has 74 valence electrons. The van der Waals surface area contributed by atoms with E-state index in [2.05, 4.69) is 46.0 Å². The van der Waals surface area contributed by atoms with Gasteiger partial charge < -0.3 is 0 Å². The lowest BCUT2D eigenvalue weighted by molar-refractivity contribution is -0.128. The second-order valence-electron chi connectivity index (χ2n) is 5.20. The Labute approximate surface area is 90.5 Å². The van der Waals surface area contributed by atoms with Gasteiger partial charge in [-0.25, -0.2) is 0 Å². The molecule has 0 aromatic carbocycles. The number of ketones is 1. The fourth-order valence-corrected chi connectivity index (χ4v) is 4.57. The third-order valence-electron chi connectivity index (χ3n) is 4.55. The van der Waals surface area contributed by atoms with Crippen LogP contribution in [0.25, 0.3) is 0 Å². The van der Waals surface area contributed by atoms with Crippen LogP contribution in [0.1, 0.15) is 33.6 Å². The van der Waals surface area contributed by atoms with Crippen molar-refractivity contribution in [1.82, 2.24) is 0 Å². The summed E-state index contributed by atoms with van der Waals surface area (Å²) in [6, 6.07) is 0.